The van der Waals surface area contributed by atoms with Crippen molar-refractivity contribution >= 4 is 39.3 Å². The SMILES string of the molecule is NC(=O)CCN(NC(=O)[C@H](CC1CC1)NS(=O)(=O)Cc1ccccc1)C(=O)C(F)Cl. The molecule has 0 saturated heterocycles. The number of amides is 3. The van der Waals surface area contributed by atoms with Crippen LogP contribution in [0.25, 0.3) is 0 Å². The van der Waals surface area contributed by atoms with Crippen LogP contribution in [0.2, 0.25) is 0 Å². The lowest BCUT2D eigenvalue weighted by molar-refractivity contribution is -0.144. The van der Waals surface area contributed by atoms with Crippen molar-refractivity contribution in [3.05, 3.63) is 35.9 Å². The number of hydrogen-bond donors (Lipinski definition) is 3. The normalized spacial score (nSPS) is 15.8. The van der Waals surface area contributed by atoms with Gasteiger partial charge in [-0.05, 0) is 17.9 Å². The van der Waals surface area contributed by atoms with E-state index in [-0.39, 0.29) is 24.5 Å². The Balaban J connectivity index is 2.10. The highest BCUT2D eigenvalue weighted by Crippen LogP contribution is 2.33. The van der Waals surface area contributed by atoms with Gasteiger partial charge in [0.15, 0.2) is 0 Å². The maximum atomic E-state index is 13.2. The van der Waals surface area contributed by atoms with Crippen molar-refractivity contribution in [2.24, 2.45) is 11.7 Å². The largest absolute Gasteiger partial charge is 0.370 e. The Bertz CT molecular complexity index is 865. The molecule has 0 radical (unpaired) electrons. The molecule has 0 aliphatic heterocycles. The van der Waals surface area contributed by atoms with E-state index in [2.05, 4.69) is 10.1 Å². The Morgan fingerprint density at radius 2 is 1.87 bits per heavy atom. The number of nitrogens with one attached hydrogen (secondary N) is 2. The highest BCUT2D eigenvalue weighted by molar-refractivity contribution is 7.88. The Kier molecular flexibility index (Phi) is 8.56. The molecule has 1 aliphatic rings. The third-order valence-corrected chi connectivity index (χ3v) is 5.93. The van der Waals surface area contributed by atoms with Gasteiger partial charge >= 0.3 is 0 Å². The fourth-order valence-corrected chi connectivity index (χ4v) is 4.19. The van der Waals surface area contributed by atoms with Gasteiger partial charge < -0.3 is 5.73 Å². The standard InChI is InChI=1S/C18H24ClFN4O5S/c19-16(20)18(27)24(9-8-15(21)25)22-17(26)14(10-12-6-7-12)23-30(28,29)11-13-4-2-1-3-5-13/h1-5,12,14,16,23H,6-11H2,(H2,21,25)(H,22,26)/t14-,16?/m0/s1. The van der Waals surface area contributed by atoms with Crippen molar-refractivity contribution in [2.75, 3.05) is 6.54 Å². The van der Waals surface area contributed by atoms with Crippen LogP contribution < -0.4 is 15.9 Å². The van der Waals surface area contributed by atoms with Crippen molar-refractivity contribution < 1.29 is 27.2 Å². The van der Waals surface area contributed by atoms with Gasteiger partial charge in [-0.2, -0.15) is 0 Å². The first-order chi connectivity index (χ1) is 14.1. The monoisotopic (exact) mass is 462 g/mol. The Morgan fingerprint density at radius 1 is 1.23 bits per heavy atom. The van der Waals surface area contributed by atoms with Crippen LogP contribution in [0.5, 0.6) is 0 Å². The van der Waals surface area contributed by atoms with Gasteiger partial charge in [0.1, 0.15) is 6.04 Å². The second-order valence-corrected chi connectivity index (χ2v) is 9.21. The molecule has 0 aromatic heterocycles. The predicted octanol–water partition coefficient (Wildman–Crippen LogP) is 0.544. The minimum atomic E-state index is -3.88. The van der Waals surface area contributed by atoms with Gasteiger partial charge in [-0.15, -0.1) is 0 Å². The lowest BCUT2D eigenvalue weighted by Gasteiger charge is -2.26. The van der Waals surface area contributed by atoms with E-state index in [4.69, 9.17) is 17.3 Å². The number of nitrogens with two attached hydrogens (primary N) is 1. The molecule has 1 unspecified atom stereocenters. The van der Waals surface area contributed by atoms with Crippen LogP contribution in [0.1, 0.15) is 31.2 Å². The number of alkyl halides is 2. The van der Waals surface area contributed by atoms with E-state index < -0.39 is 46.0 Å². The zero-order valence-corrected chi connectivity index (χ0v) is 17.7. The van der Waals surface area contributed by atoms with E-state index in [1.165, 1.54) is 0 Å². The molecule has 0 spiro atoms. The topological polar surface area (TPSA) is 139 Å². The lowest BCUT2D eigenvalue weighted by atomic mass is 10.1. The fraction of sp³-hybridized carbons (Fsp3) is 0.500. The van der Waals surface area contributed by atoms with Crippen molar-refractivity contribution in [2.45, 2.75) is 43.1 Å². The van der Waals surface area contributed by atoms with E-state index in [1.807, 2.05) is 0 Å². The van der Waals surface area contributed by atoms with Crippen LogP contribution in [-0.4, -0.2) is 49.4 Å². The smallest absolute Gasteiger partial charge is 0.291 e. The summed E-state index contributed by atoms with van der Waals surface area (Å²) in [5.74, 6) is -3.08. The summed E-state index contributed by atoms with van der Waals surface area (Å²) < 4.78 is 40.7. The Hall–Kier alpha value is -2.24. The van der Waals surface area contributed by atoms with Crippen LogP contribution in [0.4, 0.5) is 4.39 Å². The average molecular weight is 463 g/mol. The fourth-order valence-electron chi connectivity index (χ4n) is 2.72. The van der Waals surface area contributed by atoms with E-state index in [9.17, 15) is 27.2 Å². The predicted molar refractivity (Wildman–Crippen MR) is 108 cm³/mol. The second-order valence-electron chi connectivity index (χ2n) is 7.08. The number of hydrogen-bond acceptors (Lipinski definition) is 5. The quantitative estimate of drug-likeness (QED) is 0.325. The van der Waals surface area contributed by atoms with Crippen LogP contribution in [0, 0.1) is 5.92 Å². The molecule has 9 nitrogen and oxygen atoms in total. The molecular weight excluding hydrogens is 439 g/mol. The molecule has 12 heteroatoms. The number of hydrazine groups is 1. The molecule has 0 heterocycles. The number of sulfonamides is 1. The number of primary amides is 1. The molecule has 1 aromatic carbocycles. The summed E-state index contributed by atoms with van der Waals surface area (Å²) >= 11 is 5.16. The number of rotatable bonds is 11. The molecule has 1 saturated carbocycles. The summed E-state index contributed by atoms with van der Waals surface area (Å²) in [6.07, 6.45) is 1.58. The highest BCUT2D eigenvalue weighted by Gasteiger charge is 2.34. The molecule has 2 atom stereocenters. The minimum Gasteiger partial charge on any atom is -0.370 e. The van der Waals surface area contributed by atoms with E-state index >= 15 is 0 Å². The van der Waals surface area contributed by atoms with Gasteiger partial charge in [0.25, 0.3) is 17.4 Å². The summed E-state index contributed by atoms with van der Waals surface area (Å²) in [6.45, 7) is -0.403. The summed E-state index contributed by atoms with van der Waals surface area (Å²) in [5.41, 5.74) is 5.28. The lowest BCUT2D eigenvalue weighted by Crippen LogP contribution is -2.56. The van der Waals surface area contributed by atoms with E-state index in [0.717, 1.165) is 12.8 Å². The van der Waals surface area contributed by atoms with E-state index in [1.54, 1.807) is 30.3 Å². The van der Waals surface area contributed by atoms with Gasteiger partial charge in [-0.25, -0.2) is 22.5 Å². The minimum absolute atomic E-state index is 0.164. The zero-order valence-electron chi connectivity index (χ0n) is 16.1. The highest BCUT2D eigenvalue weighted by atomic mass is 35.5. The van der Waals surface area contributed by atoms with Gasteiger partial charge in [0.05, 0.1) is 12.3 Å². The third kappa shape index (κ3) is 8.25. The molecule has 1 aromatic rings. The van der Waals surface area contributed by atoms with Crippen LogP contribution in [-0.2, 0) is 30.2 Å². The first-order valence-corrected chi connectivity index (χ1v) is 11.4. The first-order valence-electron chi connectivity index (χ1n) is 9.29. The molecule has 2 rings (SSSR count). The van der Waals surface area contributed by atoms with Crippen LogP contribution >= 0.6 is 11.6 Å². The van der Waals surface area contributed by atoms with Crippen molar-refractivity contribution in [1.29, 1.82) is 0 Å². The van der Waals surface area contributed by atoms with Crippen LogP contribution in [0.3, 0.4) is 0 Å². The summed E-state index contributed by atoms with van der Waals surface area (Å²) in [7, 11) is -3.88. The summed E-state index contributed by atoms with van der Waals surface area (Å²) in [5, 5.41) is 0.538. The Labute approximate surface area is 179 Å². The third-order valence-electron chi connectivity index (χ3n) is 4.38. The molecular formula is C18H24ClFN4O5S. The van der Waals surface area contributed by atoms with Crippen molar-refractivity contribution in [3.8, 4) is 0 Å². The maximum absolute atomic E-state index is 13.2. The molecule has 3 amide bonds. The summed E-state index contributed by atoms with van der Waals surface area (Å²) in [6, 6.07) is 7.24. The number of nitrogens with zero attached hydrogens (tertiary/aromatic N) is 1. The molecule has 4 N–H and O–H groups in total. The molecule has 1 aliphatic carbocycles. The number of benzene rings is 1. The first kappa shape index (κ1) is 24.0. The summed E-state index contributed by atoms with van der Waals surface area (Å²) in [4.78, 5) is 35.6. The van der Waals surface area contributed by atoms with Gasteiger partial charge in [0, 0.05) is 6.42 Å². The molecule has 1 fully saturated rings. The average Bonchev–Trinajstić information content (AvgIpc) is 3.47. The van der Waals surface area contributed by atoms with Gasteiger partial charge in [-0.1, -0.05) is 54.8 Å². The molecule has 30 heavy (non-hydrogen) atoms. The van der Waals surface area contributed by atoms with Crippen molar-refractivity contribution in [1.82, 2.24) is 15.2 Å². The second kappa shape index (κ2) is 10.7. The van der Waals surface area contributed by atoms with E-state index in [0.29, 0.717) is 10.6 Å². The zero-order chi connectivity index (χ0) is 22.3. The number of halogens is 2. The Morgan fingerprint density at radius 3 is 2.40 bits per heavy atom. The van der Waals surface area contributed by atoms with Crippen LogP contribution in [0.15, 0.2) is 30.3 Å². The molecule has 0 bridgehead atoms. The molecule has 166 valence electrons. The van der Waals surface area contributed by atoms with Gasteiger partial charge in [-0.3, -0.25) is 19.8 Å². The number of carbonyl (C=O) groups is 3. The number of carbonyl (C=O) groups excluding carboxylic acids is 3. The maximum Gasteiger partial charge on any atom is 0.291 e. The van der Waals surface area contributed by atoms with Gasteiger partial charge in [0.2, 0.25) is 15.9 Å². The van der Waals surface area contributed by atoms with Crippen molar-refractivity contribution in [3.63, 3.8) is 0 Å².